The second-order valence-corrected chi connectivity index (χ2v) is 11.6. The van der Waals surface area contributed by atoms with Crippen LogP contribution in [0.2, 0.25) is 0 Å². The lowest BCUT2D eigenvalue weighted by molar-refractivity contribution is -0.198. The Morgan fingerprint density at radius 2 is 1.86 bits per heavy atom. The first kappa shape index (κ1) is 29.7. The van der Waals surface area contributed by atoms with Gasteiger partial charge in [0.2, 0.25) is 17.9 Å². The summed E-state index contributed by atoms with van der Waals surface area (Å²) in [4.78, 5) is 33.5. The number of carbonyl (C=O) groups is 2. The zero-order chi connectivity index (χ0) is 31.2. The van der Waals surface area contributed by atoms with Crippen LogP contribution in [0, 0.1) is 5.41 Å². The van der Waals surface area contributed by atoms with Crippen LogP contribution in [-0.2, 0) is 16.1 Å². The summed E-state index contributed by atoms with van der Waals surface area (Å²) in [7, 11) is 0. The van der Waals surface area contributed by atoms with Crippen molar-refractivity contribution >= 4 is 23.7 Å². The van der Waals surface area contributed by atoms with Crippen LogP contribution in [0.5, 0.6) is 5.88 Å². The third kappa shape index (κ3) is 5.63. The molecule has 4 heterocycles. The number of carbonyl (C=O) groups excluding carboxylic acids is 1. The van der Waals surface area contributed by atoms with Crippen molar-refractivity contribution in [1.82, 2.24) is 15.3 Å². The molecule has 3 aliphatic rings. The first-order chi connectivity index (χ1) is 21.0. The molecule has 2 aromatic carbocycles. The Bertz CT molecular complexity index is 1570. The Morgan fingerprint density at radius 3 is 2.52 bits per heavy atom. The Labute approximate surface area is 251 Å². The average molecular weight is 612 g/mol. The normalized spacial score (nSPS) is 21.6. The van der Waals surface area contributed by atoms with Crippen LogP contribution in [0.4, 0.5) is 24.9 Å². The standard InChI is InChI=1S/C31H32F3N5O5/c1-2-23-30(15-22(36-23)27(40)41)9-11-39(12-10-30)24-14-25(38-29(35)37-24)44-26(31(32,33)34)18-5-3-17(4-6-18)19-7-8-21-20(13-19)16-43-28(21)42/h3-8,13-14,22-23,26,36H,2,9-12,15-16H2,1H3,(H,40,41)(H2,35,37,38)/t22?,23?,26-/m1/s1. The fourth-order valence-corrected chi connectivity index (χ4v) is 6.73. The molecule has 2 unspecified atom stereocenters. The number of piperidine rings is 1. The number of nitrogens with zero attached hydrogens (tertiary/aromatic N) is 3. The fraction of sp³-hybridized carbons (Fsp3) is 0.419. The predicted molar refractivity (Wildman–Crippen MR) is 154 cm³/mol. The van der Waals surface area contributed by atoms with Gasteiger partial charge >= 0.3 is 18.1 Å². The molecule has 0 saturated carbocycles. The van der Waals surface area contributed by atoms with Crippen molar-refractivity contribution in [3.63, 3.8) is 0 Å². The van der Waals surface area contributed by atoms with E-state index in [1.54, 1.807) is 30.3 Å². The molecule has 13 heteroatoms. The number of esters is 1. The molecule has 10 nitrogen and oxygen atoms in total. The number of nitrogen functional groups attached to an aromatic ring is 1. The van der Waals surface area contributed by atoms with E-state index in [1.165, 1.54) is 18.2 Å². The van der Waals surface area contributed by atoms with E-state index in [0.29, 0.717) is 49.3 Å². The number of hydrogen-bond acceptors (Lipinski definition) is 9. The Kier molecular flexibility index (Phi) is 7.60. The number of hydrogen-bond donors (Lipinski definition) is 3. The summed E-state index contributed by atoms with van der Waals surface area (Å²) in [5.74, 6) is -1.42. The van der Waals surface area contributed by atoms with Crippen LogP contribution in [0.1, 0.15) is 60.2 Å². The molecule has 3 aliphatic heterocycles. The molecular weight excluding hydrogens is 579 g/mol. The maximum Gasteiger partial charge on any atom is 0.429 e. The molecule has 3 atom stereocenters. The molecule has 0 amide bonds. The van der Waals surface area contributed by atoms with Crippen molar-refractivity contribution in [2.75, 3.05) is 23.7 Å². The van der Waals surface area contributed by atoms with E-state index in [-0.39, 0.29) is 35.5 Å². The summed E-state index contributed by atoms with van der Waals surface area (Å²) in [5.41, 5.74) is 8.24. The molecule has 44 heavy (non-hydrogen) atoms. The summed E-state index contributed by atoms with van der Waals surface area (Å²) in [6.07, 6.45) is -4.33. The minimum absolute atomic E-state index is 0.0694. The van der Waals surface area contributed by atoms with Crippen molar-refractivity contribution in [2.24, 2.45) is 5.41 Å². The number of benzene rings is 2. The average Bonchev–Trinajstić information content (AvgIpc) is 3.55. The molecular formula is C31H32F3N5O5. The third-order valence-corrected chi connectivity index (χ3v) is 9.01. The number of halogens is 3. The number of aromatic nitrogens is 2. The van der Waals surface area contributed by atoms with Crippen LogP contribution in [0.25, 0.3) is 11.1 Å². The van der Waals surface area contributed by atoms with E-state index in [1.807, 2.05) is 11.8 Å². The van der Waals surface area contributed by atoms with Crippen molar-refractivity contribution in [3.8, 4) is 17.0 Å². The third-order valence-electron chi connectivity index (χ3n) is 9.01. The number of nitrogens with two attached hydrogens (primary N) is 1. The Hall–Kier alpha value is -4.39. The Balaban J connectivity index is 1.19. The van der Waals surface area contributed by atoms with Crippen molar-refractivity contribution in [2.45, 2.75) is 63.6 Å². The molecule has 232 valence electrons. The zero-order valence-electron chi connectivity index (χ0n) is 23.9. The van der Waals surface area contributed by atoms with E-state index >= 15 is 0 Å². The maximum absolute atomic E-state index is 14.3. The second kappa shape index (κ2) is 11.3. The highest BCUT2D eigenvalue weighted by Crippen LogP contribution is 2.46. The minimum atomic E-state index is -4.75. The van der Waals surface area contributed by atoms with Gasteiger partial charge in [-0.25, -0.2) is 4.79 Å². The highest BCUT2D eigenvalue weighted by atomic mass is 19.4. The van der Waals surface area contributed by atoms with Gasteiger partial charge in [0.15, 0.2) is 0 Å². The highest BCUT2D eigenvalue weighted by Gasteiger charge is 2.50. The minimum Gasteiger partial charge on any atom is -0.480 e. The van der Waals surface area contributed by atoms with Crippen molar-refractivity contribution in [3.05, 3.63) is 65.2 Å². The summed E-state index contributed by atoms with van der Waals surface area (Å²) in [6.45, 7) is 3.26. The monoisotopic (exact) mass is 611 g/mol. The van der Waals surface area contributed by atoms with E-state index in [0.717, 1.165) is 17.5 Å². The van der Waals surface area contributed by atoms with Gasteiger partial charge in [-0.15, -0.1) is 0 Å². The van der Waals surface area contributed by atoms with Crippen molar-refractivity contribution in [1.29, 1.82) is 0 Å². The quantitative estimate of drug-likeness (QED) is 0.317. The number of carboxylic acid groups (broad SMARTS) is 1. The van der Waals surface area contributed by atoms with Gasteiger partial charge in [-0.1, -0.05) is 37.3 Å². The molecule has 1 aromatic heterocycles. The number of rotatable bonds is 7. The molecule has 4 N–H and O–H groups in total. The van der Waals surface area contributed by atoms with Crippen LogP contribution in [-0.4, -0.2) is 58.4 Å². The molecule has 2 fully saturated rings. The smallest absolute Gasteiger partial charge is 0.429 e. The van der Waals surface area contributed by atoms with Gasteiger partial charge in [-0.3, -0.25) is 4.79 Å². The molecule has 2 saturated heterocycles. The number of cyclic esters (lactones) is 1. The lowest BCUT2D eigenvalue weighted by atomic mass is 9.71. The van der Waals surface area contributed by atoms with E-state index in [4.69, 9.17) is 15.2 Å². The summed E-state index contributed by atoms with van der Waals surface area (Å²) >= 11 is 0. The first-order valence-electron chi connectivity index (χ1n) is 14.5. The van der Waals surface area contributed by atoms with Gasteiger partial charge in [0.25, 0.3) is 0 Å². The lowest BCUT2D eigenvalue weighted by Gasteiger charge is -2.43. The van der Waals surface area contributed by atoms with Gasteiger partial charge in [0.1, 0.15) is 18.5 Å². The number of ether oxygens (including phenoxy) is 2. The van der Waals surface area contributed by atoms with Gasteiger partial charge < -0.3 is 30.5 Å². The summed E-state index contributed by atoms with van der Waals surface area (Å²) in [5, 5.41) is 12.8. The SMILES string of the molecule is CCC1NC(C(=O)O)CC12CCN(c1cc(O[C@H](c3ccc(-c4ccc5c(c4)COC5=O)cc3)C(F)(F)F)nc(N)n1)CC2. The van der Waals surface area contributed by atoms with E-state index in [9.17, 15) is 27.9 Å². The number of aliphatic carboxylic acids is 1. The van der Waals surface area contributed by atoms with Gasteiger partial charge in [0.05, 0.1) is 5.56 Å². The molecule has 0 aliphatic carbocycles. The fourth-order valence-electron chi connectivity index (χ4n) is 6.73. The number of nitrogens with one attached hydrogen (secondary N) is 1. The number of alkyl halides is 3. The maximum atomic E-state index is 14.3. The van der Waals surface area contributed by atoms with Crippen LogP contribution in [0.3, 0.4) is 0 Å². The van der Waals surface area contributed by atoms with Gasteiger partial charge in [-0.2, -0.15) is 23.1 Å². The van der Waals surface area contributed by atoms with Crippen LogP contribution in [0.15, 0.2) is 48.5 Å². The lowest BCUT2D eigenvalue weighted by Crippen LogP contribution is -2.46. The van der Waals surface area contributed by atoms with Crippen LogP contribution < -0.4 is 20.7 Å². The molecule has 0 radical (unpaired) electrons. The number of carboxylic acids is 1. The van der Waals surface area contributed by atoms with Gasteiger partial charge in [-0.05, 0) is 54.4 Å². The van der Waals surface area contributed by atoms with Gasteiger partial charge in [0, 0.05) is 36.3 Å². The number of anilines is 2. The number of fused-ring (bicyclic) bond motifs is 1. The predicted octanol–water partition coefficient (Wildman–Crippen LogP) is 4.89. The van der Waals surface area contributed by atoms with Crippen molar-refractivity contribution < 1.29 is 37.3 Å². The second-order valence-electron chi connectivity index (χ2n) is 11.6. The molecule has 1 spiro atoms. The zero-order valence-corrected chi connectivity index (χ0v) is 23.9. The molecule has 3 aromatic rings. The summed E-state index contributed by atoms with van der Waals surface area (Å²) in [6, 6.07) is 11.8. The highest BCUT2D eigenvalue weighted by molar-refractivity contribution is 5.94. The molecule has 0 bridgehead atoms. The first-order valence-corrected chi connectivity index (χ1v) is 14.5. The van der Waals surface area contributed by atoms with E-state index in [2.05, 4.69) is 15.3 Å². The molecule has 6 rings (SSSR count). The topological polar surface area (TPSA) is 140 Å². The largest absolute Gasteiger partial charge is 0.480 e. The Morgan fingerprint density at radius 1 is 1.16 bits per heavy atom. The van der Waals surface area contributed by atoms with E-state index < -0.39 is 30.3 Å². The van der Waals surface area contributed by atoms with Crippen LogP contribution >= 0.6 is 0 Å². The summed E-state index contributed by atoms with van der Waals surface area (Å²) < 4.78 is 53.3.